The molecule has 0 saturated carbocycles. The standard InChI is InChI=1S/C17H24ClN3O5S/c1-12(11-22)20-16(23)9-19-17(24)13-3-2-8-21(10-13)27(25,26)15-6-4-14(18)5-7-15/h4-7,12-13,22H,2-3,8-11H2,1H3,(H,19,24)(H,20,23)/t12-,13-/m0/s1. The topological polar surface area (TPSA) is 116 Å². The second-order valence-electron chi connectivity index (χ2n) is 6.53. The second-order valence-corrected chi connectivity index (χ2v) is 8.90. The lowest BCUT2D eigenvalue weighted by Gasteiger charge is -2.31. The molecule has 1 saturated heterocycles. The summed E-state index contributed by atoms with van der Waals surface area (Å²) in [5.41, 5.74) is 0. The number of carbonyl (C=O) groups excluding carboxylic acids is 2. The summed E-state index contributed by atoms with van der Waals surface area (Å²) in [4.78, 5) is 24.1. The summed E-state index contributed by atoms with van der Waals surface area (Å²) in [5.74, 6) is -1.30. The number of benzene rings is 1. The van der Waals surface area contributed by atoms with E-state index in [9.17, 15) is 18.0 Å². The Balaban J connectivity index is 1.95. The van der Waals surface area contributed by atoms with Gasteiger partial charge >= 0.3 is 0 Å². The Morgan fingerprint density at radius 3 is 2.63 bits per heavy atom. The molecule has 1 aromatic rings. The molecule has 1 heterocycles. The Hall–Kier alpha value is -1.68. The highest BCUT2D eigenvalue weighted by Crippen LogP contribution is 2.24. The third kappa shape index (κ3) is 5.90. The zero-order valence-corrected chi connectivity index (χ0v) is 16.6. The van der Waals surface area contributed by atoms with Crippen LogP contribution in [0.15, 0.2) is 29.2 Å². The van der Waals surface area contributed by atoms with Crippen molar-refractivity contribution in [2.45, 2.75) is 30.7 Å². The molecule has 0 spiro atoms. The van der Waals surface area contributed by atoms with Crippen LogP contribution < -0.4 is 10.6 Å². The van der Waals surface area contributed by atoms with Gasteiger partial charge in [-0.05, 0) is 44.0 Å². The predicted octanol–water partition coefficient (Wildman–Crippen LogP) is 0.354. The number of piperidine rings is 1. The molecule has 0 aliphatic carbocycles. The van der Waals surface area contributed by atoms with Gasteiger partial charge in [-0.15, -0.1) is 0 Å². The molecule has 8 nitrogen and oxygen atoms in total. The van der Waals surface area contributed by atoms with Gasteiger partial charge < -0.3 is 15.7 Å². The van der Waals surface area contributed by atoms with Crippen LogP contribution in [0.2, 0.25) is 5.02 Å². The quantitative estimate of drug-likeness (QED) is 0.592. The summed E-state index contributed by atoms with van der Waals surface area (Å²) < 4.78 is 26.8. The summed E-state index contributed by atoms with van der Waals surface area (Å²) in [7, 11) is -3.71. The van der Waals surface area contributed by atoms with Gasteiger partial charge in [-0.3, -0.25) is 9.59 Å². The largest absolute Gasteiger partial charge is 0.394 e. The molecular formula is C17H24ClN3O5S. The third-order valence-electron chi connectivity index (χ3n) is 4.31. The molecule has 27 heavy (non-hydrogen) atoms. The highest BCUT2D eigenvalue weighted by molar-refractivity contribution is 7.89. The van der Waals surface area contributed by atoms with Crippen molar-refractivity contribution in [3.05, 3.63) is 29.3 Å². The van der Waals surface area contributed by atoms with E-state index >= 15 is 0 Å². The number of amides is 2. The van der Waals surface area contributed by atoms with Gasteiger partial charge in [0.15, 0.2) is 0 Å². The van der Waals surface area contributed by atoms with E-state index in [1.54, 1.807) is 6.92 Å². The maximum Gasteiger partial charge on any atom is 0.243 e. The lowest BCUT2D eigenvalue weighted by Crippen LogP contribution is -2.48. The summed E-state index contributed by atoms with van der Waals surface area (Å²) >= 11 is 5.81. The first kappa shape index (κ1) is 21.6. The first-order valence-electron chi connectivity index (χ1n) is 8.67. The summed E-state index contributed by atoms with van der Waals surface area (Å²) in [6, 6.07) is 5.50. The van der Waals surface area contributed by atoms with Crippen LogP contribution in [-0.4, -0.2) is 61.9 Å². The number of sulfonamides is 1. The molecule has 10 heteroatoms. The van der Waals surface area contributed by atoms with Gasteiger partial charge in [-0.2, -0.15) is 4.31 Å². The predicted molar refractivity (Wildman–Crippen MR) is 101 cm³/mol. The minimum absolute atomic E-state index is 0.0610. The van der Waals surface area contributed by atoms with E-state index in [0.717, 1.165) is 0 Å². The zero-order valence-electron chi connectivity index (χ0n) is 15.0. The molecule has 2 amide bonds. The minimum Gasteiger partial charge on any atom is -0.394 e. The number of carbonyl (C=O) groups is 2. The fourth-order valence-electron chi connectivity index (χ4n) is 2.81. The molecular weight excluding hydrogens is 394 g/mol. The van der Waals surface area contributed by atoms with E-state index in [0.29, 0.717) is 24.4 Å². The number of nitrogens with zero attached hydrogens (tertiary/aromatic N) is 1. The Kier molecular flexibility index (Phi) is 7.60. The van der Waals surface area contributed by atoms with E-state index in [1.807, 2.05) is 0 Å². The number of aliphatic hydroxyl groups excluding tert-OH is 1. The molecule has 0 radical (unpaired) electrons. The van der Waals surface area contributed by atoms with Gasteiger partial charge in [0.1, 0.15) is 0 Å². The molecule has 1 aliphatic heterocycles. The third-order valence-corrected chi connectivity index (χ3v) is 6.44. The maximum absolute atomic E-state index is 12.8. The van der Waals surface area contributed by atoms with Crippen molar-refractivity contribution in [3.8, 4) is 0 Å². The van der Waals surface area contributed by atoms with Crippen LogP contribution in [0.4, 0.5) is 0 Å². The second kappa shape index (κ2) is 9.50. The van der Waals surface area contributed by atoms with Crippen LogP contribution in [0, 0.1) is 5.92 Å². The van der Waals surface area contributed by atoms with Crippen molar-refractivity contribution in [1.82, 2.24) is 14.9 Å². The van der Waals surface area contributed by atoms with Crippen molar-refractivity contribution < 1.29 is 23.1 Å². The van der Waals surface area contributed by atoms with Gasteiger partial charge in [-0.1, -0.05) is 11.6 Å². The monoisotopic (exact) mass is 417 g/mol. The van der Waals surface area contributed by atoms with E-state index in [2.05, 4.69) is 10.6 Å². The maximum atomic E-state index is 12.8. The van der Waals surface area contributed by atoms with Gasteiger partial charge in [0.25, 0.3) is 0 Å². The molecule has 3 N–H and O–H groups in total. The van der Waals surface area contributed by atoms with Gasteiger partial charge in [-0.25, -0.2) is 8.42 Å². The summed E-state index contributed by atoms with van der Waals surface area (Å²) in [6.45, 7) is 1.62. The molecule has 2 rings (SSSR count). The van der Waals surface area contributed by atoms with Gasteiger partial charge in [0.2, 0.25) is 21.8 Å². The van der Waals surface area contributed by atoms with E-state index in [1.165, 1.54) is 28.6 Å². The van der Waals surface area contributed by atoms with Crippen LogP contribution in [0.1, 0.15) is 19.8 Å². The van der Waals surface area contributed by atoms with Crippen LogP contribution in [-0.2, 0) is 19.6 Å². The van der Waals surface area contributed by atoms with Crippen molar-refractivity contribution in [2.75, 3.05) is 26.2 Å². The summed E-state index contributed by atoms with van der Waals surface area (Å²) in [6.07, 6.45) is 1.10. The number of aliphatic hydroxyl groups is 1. The molecule has 0 aromatic heterocycles. The zero-order chi connectivity index (χ0) is 20.0. The van der Waals surface area contributed by atoms with E-state index in [4.69, 9.17) is 16.7 Å². The molecule has 150 valence electrons. The Labute approximate surface area is 163 Å². The SMILES string of the molecule is C[C@@H](CO)NC(=O)CNC(=O)[C@H]1CCCN(S(=O)(=O)c2ccc(Cl)cc2)C1. The number of hydrogen-bond donors (Lipinski definition) is 3. The fourth-order valence-corrected chi connectivity index (χ4v) is 4.46. The Morgan fingerprint density at radius 1 is 1.33 bits per heavy atom. The normalized spacial score (nSPS) is 19.3. The lowest BCUT2D eigenvalue weighted by atomic mass is 9.99. The number of hydrogen-bond acceptors (Lipinski definition) is 5. The van der Waals surface area contributed by atoms with Crippen molar-refractivity contribution in [2.24, 2.45) is 5.92 Å². The molecule has 1 aliphatic rings. The van der Waals surface area contributed by atoms with Gasteiger partial charge in [0.05, 0.1) is 24.0 Å². The highest BCUT2D eigenvalue weighted by Gasteiger charge is 2.33. The fraction of sp³-hybridized carbons (Fsp3) is 0.529. The average molecular weight is 418 g/mol. The number of rotatable bonds is 7. The summed E-state index contributed by atoms with van der Waals surface area (Å²) in [5, 5.41) is 14.4. The van der Waals surface area contributed by atoms with Crippen LogP contribution in [0.25, 0.3) is 0 Å². The first-order chi connectivity index (χ1) is 12.7. The van der Waals surface area contributed by atoms with Crippen molar-refractivity contribution >= 4 is 33.4 Å². The van der Waals surface area contributed by atoms with Crippen LogP contribution in [0.5, 0.6) is 0 Å². The van der Waals surface area contributed by atoms with Crippen molar-refractivity contribution in [3.63, 3.8) is 0 Å². The first-order valence-corrected chi connectivity index (χ1v) is 10.5. The Bertz CT molecular complexity index is 769. The van der Waals surface area contributed by atoms with Crippen LogP contribution in [0.3, 0.4) is 0 Å². The average Bonchev–Trinajstić information content (AvgIpc) is 2.66. The molecule has 0 unspecified atom stereocenters. The molecule has 2 atom stereocenters. The van der Waals surface area contributed by atoms with E-state index < -0.39 is 27.9 Å². The highest BCUT2D eigenvalue weighted by atomic mass is 35.5. The smallest absolute Gasteiger partial charge is 0.243 e. The van der Waals surface area contributed by atoms with E-state index in [-0.39, 0.29) is 30.5 Å². The molecule has 1 aromatic carbocycles. The molecule has 1 fully saturated rings. The van der Waals surface area contributed by atoms with Crippen molar-refractivity contribution in [1.29, 1.82) is 0 Å². The Morgan fingerprint density at radius 2 is 2.00 bits per heavy atom. The molecule has 0 bridgehead atoms. The lowest BCUT2D eigenvalue weighted by molar-refractivity contribution is -0.129. The minimum atomic E-state index is -3.71. The number of halogens is 1. The van der Waals surface area contributed by atoms with Gasteiger partial charge in [0, 0.05) is 24.2 Å². The van der Waals surface area contributed by atoms with Crippen LogP contribution >= 0.6 is 11.6 Å². The number of nitrogens with one attached hydrogen (secondary N) is 2.